The van der Waals surface area contributed by atoms with Crippen molar-refractivity contribution in [1.82, 2.24) is 25.5 Å². The van der Waals surface area contributed by atoms with Gasteiger partial charge in [-0.05, 0) is 35.9 Å². The number of para-hydroxylation sites is 1. The van der Waals surface area contributed by atoms with Crippen LogP contribution in [0.2, 0.25) is 0 Å². The molecule has 34 heavy (non-hydrogen) atoms. The van der Waals surface area contributed by atoms with Gasteiger partial charge in [0.25, 0.3) is 0 Å². The van der Waals surface area contributed by atoms with E-state index in [0.29, 0.717) is 37.6 Å². The van der Waals surface area contributed by atoms with Crippen LogP contribution < -0.4 is 15.5 Å². The lowest BCUT2D eigenvalue weighted by atomic mass is 10.1. The zero-order valence-electron chi connectivity index (χ0n) is 18.7. The second-order valence-corrected chi connectivity index (χ2v) is 7.99. The summed E-state index contributed by atoms with van der Waals surface area (Å²) in [5.74, 6) is -1.64. The summed E-state index contributed by atoms with van der Waals surface area (Å²) < 4.78 is 14.2. The van der Waals surface area contributed by atoms with Crippen molar-refractivity contribution in [3.05, 3.63) is 90.3 Å². The molecule has 0 radical (unpaired) electrons. The number of carbonyl (C=O) groups excluding carboxylic acids is 2. The smallest absolute Gasteiger partial charge is 0.309 e. The Morgan fingerprint density at radius 3 is 2.38 bits per heavy atom. The minimum absolute atomic E-state index is 0.163. The zero-order chi connectivity index (χ0) is 23.8. The van der Waals surface area contributed by atoms with Gasteiger partial charge in [-0.3, -0.25) is 24.5 Å². The van der Waals surface area contributed by atoms with Gasteiger partial charge in [0.15, 0.2) is 0 Å². The molecule has 0 aliphatic carbocycles. The van der Waals surface area contributed by atoms with E-state index in [1.54, 1.807) is 42.9 Å². The molecule has 2 aromatic heterocycles. The summed E-state index contributed by atoms with van der Waals surface area (Å²) >= 11 is 0. The Balaban J connectivity index is 1.36. The lowest BCUT2D eigenvalue weighted by Gasteiger charge is -2.40. The van der Waals surface area contributed by atoms with E-state index in [9.17, 15) is 14.0 Å². The van der Waals surface area contributed by atoms with E-state index in [0.717, 1.165) is 5.56 Å². The highest BCUT2D eigenvalue weighted by Gasteiger charge is 2.27. The van der Waals surface area contributed by atoms with Gasteiger partial charge in [0, 0.05) is 51.3 Å². The van der Waals surface area contributed by atoms with Crippen molar-refractivity contribution < 1.29 is 14.0 Å². The van der Waals surface area contributed by atoms with Crippen LogP contribution in [0.3, 0.4) is 0 Å². The molecule has 2 N–H and O–H groups in total. The second kappa shape index (κ2) is 11.3. The highest BCUT2D eigenvalue weighted by molar-refractivity contribution is 6.35. The van der Waals surface area contributed by atoms with Crippen molar-refractivity contribution in [3.8, 4) is 0 Å². The molecular weight excluding hydrogens is 435 g/mol. The number of piperazine rings is 1. The van der Waals surface area contributed by atoms with Crippen LogP contribution in [-0.4, -0.2) is 59.4 Å². The first-order valence-electron chi connectivity index (χ1n) is 11.2. The van der Waals surface area contributed by atoms with E-state index in [4.69, 9.17) is 0 Å². The highest BCUT2D eigenvalue weighted by Crippen LogP contribution is 2.25. The van der Waals surface area contributed by atoms with Crippen LogP contribution in [-0.2, 0) is 16.1 Å². The van der Waals surface area contributed by atoms with Crippen molar-refractivity contribution >= 4 is 17.5 Å². The standard InChI is InChI=1S/C25H27FN6O2/c26-21-8-1-2-9-22(21)31-12-14-32(15-13-31)23(19-6-5-10-27-16-19)18-30-25(34)24(33)29-17-20-7-3-4-11-28-20/h1-11,16,23H,12-15,17-18H2,(H,29,33)(H,30,34)/t23-/m0/s1. The van der Waals surface area contributed by atoms with Crippen molar-refractivity contribution in [2.45, 2.75) is 12.6 Å². The number of nitrogens with zero attached hydrogens (tertiary/aromatic N) is 4. The lowest BCUT2D eigenvalue weighted by Crippen LogP contribution is -2.51. The molecule has 1 atom stereocenters. The highest BCUT2D eigenvalue weighted by atomic mass is 19.1. The molecule has 2 amide bonds. The van der Waals surface area contributed by atoms with Gasteiger partial charge in [-0.25, -0.2) is 4.39 Å². The van der Waals surface area contributed by atoms with E-state index in [1.807, 2.05) is 29.2 Å². The Labute approximate surface area is 197 Å². The molecule has 0 saturated carbocycles. The average molecular weight is 463 g/mol. The van der Waals surface area contributed by atoms with Crippen LogP contribution in [0.4, 0.5) is 10.1 Å². The summed E-state index contributed by atoms with van der Waals surface area (Å²) in [5.41, 5.74) is 2.21. The Morgan fingerprint density at radius 1 is 0.912 bits per heavy atom. The molecule has 1 saturated heterocycles. The second-order valence-electron chi connectivity index (χ2n) is 7.99. The van der Waals surface area contributed by atoms with Crippen LogP contribution >= 0.6 is 0 Å². The van der Waals surface area contributed by atoms with Gasteiger partial charge in [-0.15, -0.1) is 0 Å². The fourth-order valence-electron chi connectivity index (χ4n) is 4.04. The van der Waals surface area contributed by atoms with Crippen LogP contribution in [0, 0.1) is 5.82 Å². The number of benzene rings is 1. The first kappa shape index (κ1) is 23.3. The molecule has 0 spiro atoms. The number of hydrogen-bond donors (Lipinski definition) is 2. The molecule has 1 aliphatic heterocycles. The van der Waals surface area contributed by atoms with E-state index >= 15 is 0 Å². The molecule has 176 valence electrons. The minimum atomic E-state index is -0.708. The molecule has 1 aliphatic rings. The maximum atomic E-state index is 14.2. The normalized spacial score (nSPS) is 14.9. The first-order valence-corrected chi connectivity index (χ1v) is 11.2. The van der Waals surface area contributed by atoms with E-state index in [1.165, 1.54) is 6.07 Å². The molecule has 8 nitrogen and oxygen atoms in total. The number of carbonyl (C=O) groups is 2. The third-order valence-corrected chi connectivity index (χ3v) is 5.84. The van der Waals surface area contributed by atoms with E-state index in [2.05, 4.69) is 25.5 Å². The molecule has 3 aromatic rings. The first-order chi connectivity index (χ1) is 16.6. The summed E-state index contributed by atoms with van der Waals surface area (Å²) in [5, 5.41) is 5.34. The number of hydrogen-bond acceptors (Lipinski definition) is 6. The fourth-order valence-corrected chi connectivity index (χ4v) is 4.04. The molecule has 9 heteroatoms. The molecule has 0 bridgehead atoms. The van der Waals surface area contributed by atoms with Gasteiger partial charge < -0.3 is 15.5 Å². The number of amides is 2. The predicted molar refractivity (Wildman–Crippen MR) is 126 cm³/mol. The number of pyridine rings is 2. The van der Waals surface area contributed by atoms with Gasteiger partial charge in [-0.2, -0.15) is 0 Å². The van der Waals surface area contributed by atoms with Crippen molar-refractivity contribution in [3.63, 3.8) is 0 Å². The van der Waals surface area contributed by atoms with Gasteiger partial charge in [0.1, 0.15) is 5.82 Å². The zero-order valence-corrected chi connectivity index (χ0v) is 18.7. The Hall–Kier alpha value is -3.85. The number of anilines is 1. The fraction of sp³-hybridized carbons (Fsp3) is 0.280. The van der Waals surface area contributed by atoms with Crippen molar-refractivity contribution in [1.29, 1.82) is 0 Å². The number of aromatic nitrogens is 2. The summed E-state index contributed by atoms with van der Waals surface area (Å²) in [6.07, 6.45) is 5.09. The average Bonchev–Trinajstić information content (AvgIpc) is 2.89. The maximum absolute atomic E-state index is 14.2. The SMILES string of the molecule is O=C(NCc1ccccn1)C(=O)NC[C@@H](c1cccnc1)N1CCN(c2ccccc2F)CC1. The van der Waals surface area contributed by atoms with E-state index in [-0.39, 0.29) is 24.9 Å². The van der Waals surface area contributed by atoms with Crippen LogP contribution in [0.1, 0.15) is 17.3 Å². The summed E-state index contributed by atoms with van der Waals surface area (Å²) in [4.78, 5) is 37.3. The minimum Gasteiger partial charge on any atom is -0.367 e. The monoisotopic (exact) mass is 462 g/mol. The molecule has 1 fully saturated rings. The Kier molecular flexibility index (Phi) is 7.77. The van der Waals surface area contributed by atoms with Gasteiger partial charge in [-0.1, -0.05) is 24.3 Å². The van der Waals surface area contributed by atoms with Crippen LogP contribution in [0.25, 0.3) is 0 Å². The number of rotatable bonds is 7. The Bertz CT molecular complexity index is 1090. The quantitative estimate of drug-likeness (QED) is 0.522. The topological polar surface area (TPSA) is 90.5 Å². The maximum Gasteiger partial charge on any atom is 0.309 e. The number of halogens is 1. The van der Waals surface area contributed by atoms with Crippen LogP contribution in [0.5, 0.6) is 0 Å². The number of nitrogens with one attached hydrogen (secondary N) is 2. The Morgan fingerprint density at radius 2 is 1.68 bits per heavy atom. The summed E-state index contributed by atoms with van der Waals surface area (Å²) in [6.45, 7) is 3.08. The largest absolute Gasteiger partial charge is 0.367 e. The molecule has 0 unspecified atom stereocenters. The lowest BCUT2D eigenvalue weighted by molar-refractivity contribution is -0.139. The van der Waals surface area contributed by atoms with Crippen LogP contribution in [0.15, 0.2) is 73.2 Å². The predicted octanol–water partition coefficient (Wildman–Crippen LogP) is 1.91. The summed E-state index contributed by atoms with van der Waals surface area (Å²) in [6, 6.07) is 15.8. The van der Waals surface area contributed by atoms with Gasteiger partial charge in [0.2, 0.25) is 0 Å². The molecule has 4 rings (SSSR count). The molecule has 3 heterocycles. The summed E-state index contributed by atoms with van der Waals surface area (Å²) in [7, 11) is 0. The van der Waals surface area contributed by atoms with Gasteiger partial charge in [0.05, 0.1) is 24.0 Å². The van der Waals surface area contributed by atoms with Gasteiger partial charge >= 0.3 is 11.8 Å². The van der Waals surface area contributed by atoms with Crippen molar-refractivity contribution in [2.24, 2.45) is 0 Å². The molecule has 1 aromatic carbocycles. The third-order valence-electron chi connectivity index (χ3n) is 5.84. The third kappa shape index (κ3) is 5.93. The molecular formula is C25H27FN6O2. The van der Waals surface area contributed by atoms with Crippen molar-refractivity contribution in [2.75, 3.05) is 37.6 Å². The van der Waals surface area contributed by atoms with E-state index < -0.39 is 11.8 Å².